The van der Waals surface area contributed by atoms with Crippen LogP contribution in [0.2, 0.25) is 0 Å². The summed E-state index contributed by atoms with van der Waals surface area (Å²) in [6.07, 6.45) is 4.61. The Morgan fingerprint density at radius 1 is 1.28 bits per heavy atom. The van der Waals surface area contributed by atoms with Gasteiger partial charge in [0.15, 0.2) is 0 Å². The average Bonchev–Trinajstić information content (AvgIpc) is 2.32. The maximum Gasteiger partial charge on any atom is 0.335 e. The van der Waals surface area contributed by atoms with E-state index in [-0.39, 0.29) is 0 Å². The van der Waals surface area contributed by atoms with Gasteiger partial charge in [0.25, 0.3) is 0 Å². The van der Waals surface area contributed by atoms with E-state index < -0.39 is 5.97 Å². The number of carboxylic acid groups (broad SMARTS) is 1. The Bertz CT molecular complexity index is 395. The van der Waals surface area contributed by atoms with Crippen molar-refractivity contribution in [2.75, 3.05) is 5.32 Å². The van der Waals surface area contributed by atoms with Gasteiger partial charge >= 0.3 is 5.97 Å². The molecule has 1 rings (SSSR count). The lowest BCUT2D eigenvalue weighted by atomic mass is 10.0. The zero-order valence-corrected chi connectivity index (χ0v) is 11.5. The second kappa shape index (κ2) is 7.04. The van der Waals surface area contributed by atoms with Gasteiger partial charge in [0.1, 0.15) is 0 Å². The highest BCUT2D eigenvalue weighted by molar-refractivity contribution is 5.88. The van der Waals surface area contributed by atoms with Gasteiger partial charge in [0.05, 0.1) is 5.56 Å². The van der Waals surface area contributed by atoms with E-state index in [2.05, 4.69) is 19.2 Å². The molecular formula is C15H23NO2. The molecule has 0 aromatic heterocycles. The third-order valence-corrected chi connectivity index (χ3v) is 3.11. The van der Waals surface area contributed by atoms with Crippen LogP contribution in [0, 0.1) is 6.92 Å². The summed E-state index contributed by atoms with van der Waals surface area (Å²) >= 11 is 0. The van der Waals surface area contributed by atoms with Gasteiger partial charge in [-0.25, -0.2) is 4.79 Å². The molecule has 0 bridgehead atoms. The zero-order chi connectivity index (χ0) is 13.5. The van der Waals surface area contributed by atoms with Crippen LogP contribution in [0.4, 0.5) is 5.69 Å². The first-order chi connectivity index (χ1) is 8.58. The summed E-state index contributed by atoms with van der Waals surface area (Å²) in [5.41, 5.74) is 2.39. The van der Waals surface area contributed by atoms with Crippen molar-refractivity contribution in [2.45, 2.75) is 52.5 Å². The number of nitrogens with one attached hydrogen (secondary N) is 1. The fourth-order valence-corrected chi connectivity index (χ4v) is 2.16. The van der Waals surface area contributed by atoms with Gasteiger partial charge in [-0.15, -0.1) is 0 Å². The van der Waals surface area contributed by atoms with Crippen LogP contribution in [0.25, 0.3) is 0 Å². The summed E-state index contributed by atoms with van der Waals surface area (Å²) < 4.78 is 0. The minimum Gasteiger partial charge on any atom is -0.478 e. The molecule has 0 saturated heterocycles. The molecule has 0 aliphatic heterocycles. The molecule has 18 heavy (non-hydrogen) atoms. The number of anilines is 1. The number of benzene rings is 1. The lowest BCUT2D eigenvalue weighted by Crippen LogP contribution is -2.19. The lowest BCUT2D eigenvalue weighted by molar-refractivity contribution is 0.0697. The van der Waals surface area contributed by atoms with E-state index in [1.807, 2.05) is 13.0 Å². The Labute approximate surface area is 109 Å². The van der Waals surface area contributed by atoms with Crippen LogP contribution in [-0.2, 0) is 0 Å². The fraction of sp³-hybridized carbons (Fsp3) is 0.533. The van der Waals surface area contributed by atoms with Crippen molar-refractivity contribution in [2.24, 2.45) is 0 Å². The molecule has 3 heteroatoms. The van der Waals surface area contributed by atoms with E-state index in [4.69, 9.17) is 5.11 Å². The van der Waals surface area contributed by atoms with Crippen molar-refractivity contribution < 1.29 is 9.90 Å². The average molecular weight is 249 g/mol. The van der Waals surface area contributed by atoms with Crippen molar-refractivity contribution in [3.05, 3.63) is 29.3 Å². The van der Waals surface area contributed by atoms with E-state index in [9.17, 15) is 4.79 Å². The predicted octanol–water partition coefficient (Wildman–Crippen LogP) is 4.07. The van der Waals surface area contributed by atoms with Crippen molar-refractivity contribution >= 4 is 11.7 Å². The van der Waals surface area contributed by atoms with Crippen molar-refractivity contribution in [1.82, 2.24) is 0 Å². The van der Waals surface area contributed by atoms with Crippen LogP contribution in [-0.4, -0.2) is 17.1 Å². The Balaban J connectivity index is 2.79. The van der Waals surface area contributed by atoms with Crippen LogP contribution in [0.15, 0.2) is 18.2 Å². The predicted molar refractivity (Wildman–Crippen MR) is 75.4 cm³/mol. The molecule has 1 aromatic rings. The van der Waals surface area contributed by atoms with Crippen LogP contribution >= 0.6 is 0 Å². The highest BCUT2D eigenvalue weighted by Crippen LogP contribution is 2.20. The van der Waals surface area contributed by atoms with Crippen LogP contribution in [0.5, 0.6) is 0 Å². The smallest absolute Gasteiger partial charge is 0.335 e. The lowest BCUT2D eigenvalue weighted by Gasteiger charge is -2.20. The molecule has 100 valence electrons. The van der Waals surface area contributed by atoms with Gasteiger partial charge in [-0.2, -0.15) is 0 Å². The summed E-state index contributed by atoms with van der Waals surface area (Å²) in [6.45, 7) is 6.32. The van der Waals surface area contributed by atoms with E-state index in [0.717, 1.165) is 36.9 Å². The van der Waals surface area contributed by atoms with Gasteiger partial charge in [0.2, 0.25) is 0 Å². The molecule has 0 fully saturated rings. The maximum atomic E-state index is 10.9. The first-order valence-electron chi connectivity index (χ1n) is 6.69. The van der Waals surface area contributed by atoms with Gasteiger partial charge in [0, 0.05) is 11.7 Å². The molecule has 0 amide bonds. The third-order valence-electron chi connectivity index (χ3n) is 3.11. The topological polar surface area (TPSA) is 49.3 Å². The van der Waals surface area contributed by atoms with Gasteiger partial charge in [-0.1, -0.05) is 26.7 Å². The zero-order valence-electron chi connectivity index (χ0n) is 11.5. The number of hydrogen-bond donors (Lipinski definition) is 2. The summed E-state index contributed by atoms with van der Waals surface area (Å²) in [6, 6.07) is 5.73. The number of rotatable bonds is 7. The van der Waals surface area contributed by atoms with Gasteiger partial charge in [-0.05, 0) is 43.5 Å². The molecule has 0 heterocycles. The van der Waals surface area contributed by atoms with Crippen molar-refractivity contribution in [1.29, 1.82) is 0 Å². The highest BCUT2D eigenvalue weighted by Gasteiger charge is 2.10. The van der Waals surface area contributed by atoms with Crippen LogP contribution in [0.3, 0.4) is 0 Å². The van der Waals surface area contributed by atoms with E-state index in [1.165, 1.54) is 0 Å². The van der Waals surface area contributed by atoms with E-state index in [1.54, 1.807) is 12.1 Å². The SMILES string of the molecule is CCCC(CCC)Nc1ccc(C(=O)O)cc1C. The molecule has 3 nitrogen and oxygen atoms in total. The van der Waals surface area contributed by atoms with Crippen LogP contribution in [0.1, 0.15) is 55.5 Å². The normalized spacial score (nSPS) is 10.7. The van der Waals surface area contributed by atoms with Gasteiger partial charge in [-0.3, -0.25) is 0 Å². The number of carbonyl (C=O) groups is 1. The quantitative estimate of drug-likeness (QED) is 0.765. The molecule has 0 aliphatic rings. The second-order valence-electron chi connectivity index (χ2n) is 4.75. The summed E-state index contributed by atoms with van der Waals surface area (Å²) in [5.74, 6) is -0.872. The third kappa shape index (κ3) is 4.06. The van der Waals surface area contributed by atoms with Crippen molar-refractivity contribution in [3.63, 3.8) is 0 Å². The molecule has 0 unspecified atom stereocenters. The van der Waals surface area contributed by atoms with Crippen LogP contribution < -0.4 is 5.32 Å². The molecule has 0 spiro atoms. The summed E-state index contributed by atoms with van der Waals surface area (Å²) in [7, 11) is 0. The Morgan fingerprint density at radius 2 is 1.89 bits per heavy atom. The first-order valence-corrected chi connectivity index (χ1v) is 6.69. The molecule has 0 aliphatic carbocycles. The number of hydrogen-bond acceptors (Lipinski definition) is 2. The van der Waals surface area contributed by atoms with E-state index >= 15 is 0 Å². The Kier molecular flexibility index (Phi) is 5.69. The number of aryl methyl sites for hydroxylation is 1. The maximum absolute atomic E-state index is 10.9. The molecule has 1 aromatic carbocycles. The van der Waals surface area contributed by atoms with E-state index in [0.29, 0.717) is 11.6 Å². The summed E-state index contributed by atoms with van der Waals surface area (Å²) in [4.78, 5) is 10.9. The standard InChI is InChI=1S/C15H23NO2/c1-4-6-13(7-5-2)16-14-9-8-12(15(17)18)10-11(14)3/h8-10,13,16H,4-7H2,1-3H3,(H,17,18). The van der Waals surface area contributed by atoms with Gasteiger partial charge < -0.3 is 10.4 Å². The second-order valence-corrected chi connectivity index (χ2v) is 4.75. The largest absolute Gasteiger partial charge is 0.478 e. The first kappa shape index (κ1) is 14.6. The monoisotopic (exact) mass is 249 g/mol. The summed E-state index contributed by atoms with van der Waals surface area (Å²) in [5, 5.41) is 12.5. The Morgan fingerprint density at radius 3 is 2.33 bits per heavy atom. The number of aromatic carboxylic acids is 1. The van der Waals surface area contributed by atoms with Crippen molar-refractivity contribution in [3.8, 4) is 0 Å². The molecule has 0 saturated carbocycles. The molecule has 0 radical (unpaired) electrons. The Hall–Kier alpha value is -1.51. The molecular weight excluding hydrogens is 226 g/mol. The fourth-order valence-electron chi connectivity index (χ4n) is 2.16. The number of carboxylic acids is 1. The highest BCUT2D eigenvalue weighted by atomic mass is 16.4. The minimum absolute atomic E-state index is 0.348. The molecule has 2 N–H and O–H groups in total. The minimum atomic E-state index is -0.872. The molecule has 0 atom stereocenters.